The Labute approximate surface area is 189 Å². The topological polar surface area (TPSA) is 58.6 Å². The van der Waals surface area contributed by atoms with E-state index in [1.165, 1.54) is 7.11 Å². The molecule has 1 aliphatic heterocycles. The Balaban J connectivity index is 1.77. The molecule has 0 fully saturated rings. The SMILES string of the molecule is COC(=O)C1=C(C)NC2=C(C(=O)C[C@H](c3ccc(N(C)C)cc3)C2)[C@H]1c1ccccc1C. The minimum absolute atomic E-state index is 0.0857. The fourth-order valence-electron chi connectivity index (χ4n) is 4.92. The van der Waals surface area contributed by atoms with Crippen LogP contribution in [-0.2, 0) is 14.3 Å². The van der Waals surface area contributed by atoms with Gasteiger partial charge in [0, 0.05) is 49.1 Å². The van der Waals surface area contributed by atoms with Gasteiger partial charge >= 0.3 is 5.97 Å². The zero-order valence-electron chi connectivity index (χ0n) is 19.4. The van der Waals surface area contributed by atoms with E-state index >= 15 is 0 Å². The summed E-state index contributed by atoms with van der Waals surface area (Å²) in [7, 11) is 5.42. The van der Waals surface area contributed by atoms with E-state index in [1.807, 2.05) is 52.2 Å². The summed E-state index contributed by atoms with van der Waals surface area (Å²) in [6.07, 6.45) is 1.16. The third-order valence-corrected chi connectivity index (χ3v) is 6.61. The fraction of sp³-hybridized carbons (Fsp3) is 0.333. The number of esters is 1. The summed E-state index contributed by atoms with van der Waals surface area (Å²) in [5, 5.41) is 3.39. The molecule has 32 heavy (non-hydrogen) atoms. The van der Waals surface area contributed by atoms with Crippen molar-refractivity contribution in [3.8, 4) is 0 Å². The van der Waals surface area contributed by atoms with Gasteiger partial charge in [0.15, 0.2) is 5.78 Å². The lowest BCUT2D eigenvalue weighted by Crippen LogP contribution is -2.36. The summed E-state index contributed by atoms with van der Waals surface area (Å²) in [6.45, 7) is 3.91. The Hall–Kier alpha value is -3.34. The summed E-state index contributed by atoms with van der Waals surface area (Å²) in [5.74, 6) is -0.619. The van der Waals surface area contributed by atoms with Gasteiger partial charge in [0.05, 0.1) is 12.7 Å². The smallest absolute Gasteiger partial charge is 0.336 e. The van der Waals surface area contributed by atoms with Gasteiger partial charge in [-0.3, -0.25) is 4.79 Å². The van der Waals surface area contributed by atoms with Gasteiger partial charge in [0.1, 0.15) is 0 Å². The lowest BCUT2D eigenvalue weighted by molar-refractivity contribution is -0.136. The van der Waals surface area contributed by atoms with Gasteiger partial charge in [-0.25, -0.2) is 4.79 Å². The number of anilines is 1. The minimum Gasteiger partial charge on any atom is -0.466 e. The Bertz CT molecular complexity index is 1130. The highest BCUT2D eigenvalue weighted by atomic mass is 16.5. The van der Waals surface area contributed by atoms with Gasteiger partial charge in [-0.05, 0) is 55.0 Å². The van der Waals surface area contributed by atoms with E-state index in [-0.39, 0.29) is 11.7 Å². The van der Waals surface area contributed by atoms with Crippen molar-refractivity contribution >= 4 is 17.4 Å². The molecule has 5 heteroatoms. The monoisotopic (exact) mass is 430 g/mol. The number of hydrogen-bond acceptors (Lipinski definition) is 5. The number of ketones is 1. The van der Waals surface area contributed by atoms with Crippen molar-refractivity contribution in [2.45, 2.75) is 38.5 Å². The van der Waals surface area contributed by atoms with Crippen LogP contribution in [0.4, 0.5) is 5.69 Å². The number of nitrogens with one attached hydrogen (secondary N) is 1. The first-order chi connectivity index (χ1) is 15.3. The van der Waals surface area contributed by atoms with Crippen LogP contribution in [0.1, 0.15) is 48.3 Å². The number of carbonyl (C=O) groups excluding carboxylic acids is 2. The van der Waals surface area contributed by atoms with E-state index in [1.54, 1.807) is 0 Å². The van der Waals surface area contributed by atoms with Crippen LogP contribution in [0.3, 0.4) is 0 Å². The van der Waals surface area contributed by atoms with E-state index in [0.29, 0.717) is 17.6 Å². The third-order valence-electron chi connectivity index (χ3n) is 6.61. The molecule has 2 atom stereocenters. The maximum Gasteiger partial charge on any atom is 0.336 e. The van der Waals surface area contributed by atoms with Crippen molar-refractivity contribution in [2.75, 3.05) is 26.1 Å². The number of ether oxygens (including phenoxy) is 1. The molecule has 0 amide bonds. The number of dihydropyridines is 1. The molecule has 0 radical (unpaired) electrons. The van der Waals surface area contributed by atoms with Crippen LogP contribution in [0.25, 0.3) is 0 Å². The van der Waals surface area contributed by atoms with Crippen LogP contribution in [-0.4, -0.2) is 33.0 Å². The Morgan fingerprint density at radius 3 is 2.34 bits per heavy atom. The van der Waals surface area contributed by atoms with Crippen molar-refractivity contribution in [3.63, 3.8) is 0 Å². The molecule has 0 unspecified atom stereocenters. The Morgan fingerprint density at radius 1 is 1.03 bits per heavy atom. The molecule has 0 aromatic heterocycles. The number of aryl methyl sites for hydroxylation is 1. The molecule has 0 bridgehead atoms. The lowest BCUT2D eigenvalue weighted by atomic mass is 9.71. The molecule has 2 aliphatic rings. The second-order valence-corrected chi connectivity index (χ2v) is 8.85. The molecule has 1 aliphatic carbocycles. The summed E-state index contributed by atoms with van der Waals surface area (Å²) in [5.41, 5.74) is 7.20. The van der Waals surface area contributed by atoms with Crippen LogP contribution in [0.5, 0.6) is 0 Å². The molecule has 0 saturated heterocycles. The van der Waals surface area contributed by atoms with Gasteiger partial charge in [-0.1, -0.05) is 36.4 Å². The number of hydrogen-bond donors (Lipinski definition) is 1. The number of benzene rings is 2. The van der Waals surface area contributed by atoms with Gasteiger partial charge in [0.2, 0.25) is 0 Å². The molecule has 166 valence electrons. The van der Waals surface area contributed by atoms with Crippen LogP contribution in [0.15, 0.2) is 71.1 Å². The van der Waals surface area contributed by atoms with Crippen LogP contribution in [0, 0.1) is 6.92 Å². The predicted molar refractivity (Wildman–Crippen MR) is 127 cm³/mol. The first-order valence-electron chi connectivity index (χ1n) is 11.0. The number of Topliss-reactive ketones (excluding diaryl/α,β-unsaturated/α-hetero) is 1. The molecule has 4 rings (SSSR count). The fourth-order valence-corrected chi connectivity index (χ4v) is 4.92. The average Bonchev–Trinajstić information content (AvgIpc) is 2.78. The molecule has 0 spiro atoms. The molecular weight excluding hydrogens is 400 g/mol. The van der Waals surface area contributed by atoms with Gasteiger partial charge in [-0.15, -0.1) is 0 Å². The standard InChI is InChI=1S/C27H30N2O3/c1-16-8-6-7-9-21(16)25-24(27(31)32-5)17(2)28-22-14-19(15-23(30)26(22)25)18-10-12-20(13-11-18)29(3)4/h6-13,19,25,28H,14-15H2,1-5H3/t19-,25+/m1/s1. The maximum atomic E-state index is 13.6. The number of methoxy groups -OCH3 is 1. The number of carbonyl (C=O) groups is 2. The second kappa shape index (κ2) is 8.65. The average molecular weight is 431 g/mol. The van der Waals surface area contributed by atoms with Gasteiger partial charge in [0.25, 0.3) is 0 Å². The number of allylic oxidation sites excluding steroid dienone is 3. The van der Waals surface area contributed by atoms with E-state index in [9.17, 15) is 9.59 Å². The molecule has 1 N–H and O–H groups in total. The molecule has 0 saturated carbocycles. The molecule has 1 heterocycles. The van der Waals surface area contributed by atoms with Crippen LogP contribution < -0.4 is 10.2 Å². The zero-order valence-corrected chi connectivity index (χ0v) is 19.4. The van der Waals surface area contributed by atoms with Gasteiger partial charge < -0.3 is 15.0 Å². The van der Waals surface area contributed by atoms with Crippen LogP contribution >= 0.6 is 0 Å². The summed E-state index contributed by atoms with van der Waals surface area (Å²) in [6, 6.07) is 16.4. The minimum atomic E-state index is -0.413. The van der Waals surface area contributed by atoms with Crippen LogP contribution in [0.2, 0.25) is 0 Å². The summed E-state index contributed by atoms with van der Waals surface area (Å²) >= 11 is 0. The zero-order chi connectivity index (χ0) is 23.0. The number of nitrogens with zero attached hydrogens (tertiary/aromatic N) is 1. The highest BCUT2D eigenvalue weighted by Crippen LogP contribution is 2.46. The molecular formula is C27H30N2O3. The van der Waals surface area contributed by atoms with Crippen molar-refractivity contribution in [2.24, 2.45) is 0 Å². The third kappa shape index (κ3) is 3.83. The first-order valence-corrected chi connectivity index (χ1v) is 11.0. The summed E-state index contributed by atoms with van der Waals surface area (Å²) < 4.78 is 5.11. The van der Waals surface area contributed by atoms with Gasteiger partial charge in [-0.2, -0.15) is 0 Å². The normalized spacial score (nSPS) is 20.6. The highest BCUT2D eigenvalue weighted by Gasteiger charge is 2.41. The molecule has 5 nitrogen and oxygen atoms in total. The lowest BCUT2D eigenvalue weighted by Gasteiger charge is -2.37. The quantitative estimate of drug-likeness (QED) is 0.719. The van der Waals surface area contributed by atoms with Crippen molar-refractivity contribution in [1.82, 2.24) is 5.32 Å². The number of rotatable bonds is 4. The van der Waals surface area contributed by atoms with Crippen molar-refractivity contribution in [1.29, 1.82) is 0 Å². The molecule has 2 aromatic carbocycles. The molecule has 2 aromatic rings. The Kier molecular flexibility index (Phi) is 5.92. The van der Waals surface area contributed by atoms with E-state index < -0.39 is 11.9 Å². The predicted octanol–water partition coefficient (Wildman–Crippen LogP) is 4.60. The second-order valence-electron chi connectivity index (χ2n) is 8.85. The van der Waals surface area contributed by atoms with E-state index in [4.69, 9.17) is 4.74 Å². The van der Waals surface area contributed by atoms with Crippen molar-refractivity contribution in [3.05, 3.63) is 87.8 Å². The van der Waals surface area contributed by atoms with E-state index in [2.05, 4.69) is 34.5 Å². The van der Waals surface area contributed by atoms with Crippen molar-refractivity contribution < 1.29 is 14.3 Å². The van der Waals surface area contributed by atoms with E-state index in [0.717, 1.165) is 40.2 Å². The summed E-state index contributed by atoms with van der Waals surface area (Å²) in [4.78, 5) is 28.4. The largest absolute Gasteiger partial charge is 0.466 e. The maximum absolute atomic E-state index is 13.6. The highest BCUT2D eigenvalue weighted by molar-refractivity contribution is 6.04. The Morgan fingerprint density at radius 2 is 1.72 bits per heavy atom. The first kappa shape index (κ1) is 21.9.